The normalized spacial score (nSPS) is 11.1. The standard InChI is InChI=1S/C25H19FO4/c1-30-24-13-10-17(15-19(24)11-14-25(28)29)9-12-23(27)22-8-3-2-7-21(22)18-5-4-6-20(26)16-18/h2-16H,1H3,(H,28,29)/b12-9+,14-11+. The third-order valence-corrected chi connectivity index (χ3v) is 4.41. The van der Waals surface area contributed by atoms with Crippen LogP contribution in [0.1, 0.15) is 21.5 Å². The number of benzene rings is 3. The van der Waals surface area contributed by atoms with Gasteiger partial charge in [0.2, 0.25) is 0 Å². The van der Waals surface area contributed by atoms with E-state index in [0.717, 1.165) is 6.08 Å². The molecule has 0 radical (unpaired) electrons. The molecule has 0 aliphatic rings. The molecule has 0 aliphatic heterocycles. The van der Waals surface area contributed by atoms with Crippen LogP contribution in [0.25, 0.3) is 23.3 Å². The number of ketones is 1. The Labute approximate surface area is 173 Å². The van der Waals surface area contributed by atoms with Crippen molar-refractivity contribution in [1.82, 2.24) is 0 Å². The number of hydrogen-bond donors (Lipinski definition) is 1. The maximum Gasteiger partial charge on any atom is 0.328 e. The number of carboxylic acid groups (broad SMARTS) is 1. The van der Waals surface area contributed by atoms with Crippen molar-refractivity contribution in [2.45, 2.75) is 0 Å². The third kappa shape index (κ3) is 5.08. The van der Waals surface area contributed by atoms with Gasteiger partial charge >= 0.3 is 5.97 Å². The minimum atomic E-state index is -1.07. The molecule has 3 rings (SSSR count). The predicted octanol–water partition coefficient (Wildman–Crippen LogP) is 5.50. The van der Waals surface area contributed by atoms with E-state index in [-0.39, 0.29) is 11.6 Å². The summed E-state index contributed by atoms with van der Waals surface area (Å²) in [4.78, 5) is 23.6. The van der Waals surface area contributed by atoms with E-state index in [1.165, 1.54) is 31.4 Å². The summed E-state index contributed by atoms with van der Waals surface area (Å²) in [7, 11) is 1.50. The van der Waals surface area contributed by atoms with Gasteiger partial charge in [-0.1, -0.05) is 48.5 Å². The Morgan fingerprint density at radius 1 is 0.933 bits per heavy atom. The van der Waals surface area contributed by atoms with Crippen LogP contribution < -0.4 is 4.74 Å². The fourth-order valence-corrected chi connectivity index (χ4v) is 3.02. The van der Waals surface area contributed by atoms with Gasteiger partial charge in [0, 0.05) is 17.2 Å². The van der Waals surface area contributed by atoms with Gasteiger partial charge in [0.25, 0.3) is 0 Å². The first-order valence-electron chi connectivity index (χ1n) is 9.14. The summed E-state index contributed by atoms with van der Waals surface area (Å²) < 4.78 is 18.9. The maximum atomic E-state index is 13.6. The molecular formula is C25H19FO4. The third-order valence-electron chi connectivity index (χ3n) is 4.41. The number of hydrogen-bond acceptors (Lipinski definition) is 3. The number of rotatable bonds is 7. The van der Waals surface area contributed by atoms with E-state index in [2.05, 4.69) is 0 Å². The van der Waals surface area contributed by atoms with E-state index in [0.29, 0.717) is 33.6 Å². The van der Waals surface area contributed by atoms with Crippen molar-refractivity contribution in [3.05, 3.63) is 101 Å². The van der Waals surface area contributed by atoms with Gasteiger partial charge in [-0.3, -0.25) is 4.79 Å². The van der Waals surface area contributed by atoms with Crippen molar-refractivity contribution in [1.29, 1.82) is 0 Å². The fourth-order valence-electron chi connectivity index (χ4n) is 3.02. The van der Waals surface area contributed by atoms with Crippen molar-refractivity contribution in [3.63, 3.8) is 0 Å². The lowest BCUT2D eigenvalue weighted by molar-refractivity contribution is -0.131. The van der Waals surface area contributed by atoms with E-state index in [9.17, 15) is 14.0 Å². The highest BCUT2D eigenvalue weighted by Gasteiger charge is 2.11. The number of carbonyl (C=O) groups is 2. The molecule has 0 heterocycles. The van der Waals surface area contributed by atoms with E-state index in [1.54, 1.807) is 60.7 Å². The molecule has 5 heteroatoms. The van der Waals surface area contributed by atoms with Gasteiger partial charge in [0.15, 0.2) is 5.78 Å². The molecule has 0 bridgehead atoms. The quantitative estimate of drug-likeness (QED) is 0.419. The number of carbonyl (C=O) groups excluding carboxylic acids is 1. The summed E-state index contributed by atoms with van der Waals surface area (Å²) in [6, 6.07) is 18.3. The average molecular weight is 402 g/mol. The number of aliphatic carboxylic acids is 1. The van der Waals surface area contributed by atoms with Crippen LogP contribution in [0.15, 0.2) is 78.9 Å². The summed E-state index contributed by atoms with van der Waals surface area (Å²) in [5.41, 5.74) is 3.01. The average Bonchev–Trinajstić information content (AvgIpc) is 2.76. The smallest absolute Gasteiger partial charge is 0.328 e. The molecule has 0 spiro atoms. The molecule has 3 aromatic carbocycles. The Hall–Kier alpha value is -3.99. The first kappa shape index (κ1) is 20.7. The lowest BCUT2D eigenvalue weighted by Gasteiger charge is -2.08. The van der Waals surface area contributed by atoms with Gasteiger partial charge in [0.1, 0.15) is 11.6 Å². The zero-order valence-electron chi connectivity index (χ0n) is 16.2. The van der Waals surface area contributed by atoms with Crippen molar-refractivity contribution < 1.29 is 23.8 Å². The van der Waals surface area contributed by atoms with E-state index in [1.807, 2.05) is 0 Å². The molecule has 0 fully saturated rings. The number of carboxylic acids is 1. The number of halogens is 1. The first-order valence-corrected chi connectivity index (χ1v) is 9.14. The predicted molar refractivity (Wildman–Crippen MR) is 115 cm³/mol. The number of ether oxygens (including phenoxy) is 1. The molecule has 0 unspecified atom stereocenters. The van der Waals surface area contributed by atoms with E-state index in [4.69, 9.17) is 9.84 Å². The van der Waals surface area contributed by atoms with Gasteiger partial charge in [0.05, 0.1) is 7.11 Å². The van der Waals surface area contributed by atoms with Gasteiger partial charge in [-0.15, -0.1) is 0 Å². The van der Waals surface area contributed by atoms with Crippen LogP contribution in [0, 0.1) is 5.82 Å². The lowest BCUT2D eigenvalue weighted by atomic mass is 9.96. The summed E-state index contributed by atoms with van der Waals surface area (Å²) in [6.45, 7) is 0. The first-order chi connectivity index (χ1) is 14.5. The van der Waals surface area contributed by atoms with Crippen LogP contribution in [-0.4, -0.2) is 24.0 Å². The Balaban J connectivity index is 1.90. The van der Waals surface area contributed by atoms with Gasteiger partial charge in [-0.2, -0.15) is 0 Å². The summed E-state index contributed by atoms with van der Waals surface area (Å²) in [6.07, 6.45) is 5.53. The second kappa shape index (κ2) is 9.47. The van der Waals surface area contributed by atoms with Crippen LogP contribution >= 0.6 is 0 Å². The zero-order chi connectivity index (χ0) is 21.5. The second-order valence-corrected chi connectivity index (χ2v) is 6.43. The molecule has 0 aromatic heterocycles. The monoisotopic (exact) mass is 402 g/mol. The number of allylic oxidation sites excluding steroid dienone is 1. The maximum absolute atomic E-state index is 13.6. The topological polar surface area (TPSA) is 63.6 Å². The fraction of sp³-hybridized carbons (Fsp3) is 0.0400. The molecule has 0 aliphatic carbocycles. The lowest BCUT2D eigenvalue weighted by Crippen LogP contribution is -1.98. The molecular weight excluding hydrogens is 383 g/mol. The zero-order valence-corrected chi connectivity index (χ0v) is 16.2. The Morgan fingerprint density at radius 3 is 2.47 bits per heavy atom. The highest BCUT2D eigenvalue weighted by molar-refractivity contribution is 6.11. The molecule has 4 nitrogen and oxygen atoms in total. The van der Waals surface area contributed by atoms with E-state index < -0.39 is 5.97 Å². The molecule has 0 saturated carbocycles. The largest absolute Gasteiger partial charge is 0.496 e. The Morgan fingerprint density at radius 2 is 1.73 bits per heavy atom. The molecule has 1 N–H and O–H groups in total. The minimum Gasteiger partial charge on any atom is -0.496 e. The highest BCUT2D eigenvalue weighted by atomic mass is 19.1. The molecule has 3 aromatic rings. The highest BCUT2D eigenvalue weighted by Crippen LogP contribution is 2.26. The van der Waals surface area contributed by atoms with Crippen LogP contribution in [0.5, 0.6) is 5.75 Å². The van der Waals surface area contributed by atoms with E-state index >= 15 is 0 Å². The summed E-state index contributed by atoms with van der Waals surface area (Å²) in [5, 5.41) is 8.84. The summed E-state index contributed by atoms with van der Waals surface area (Å²) in [5.74, 6) is -1.15. The number of methoxy groups -OCH3 is 1. The van der Waals surface area contributed by atoms with Crippen LogP contribution in [0.3, 0.4) is 0 Å². The molecule has 30 heavy (non-hydrogen) atoms. The molecule has 0 atom stereocenters. The molecule has 0 saturated heterocycles. The Bertz CT molecular complexity index is 1150. The Kier molecular flexibility index (Phi) is 6.55. The molecule has 0 amide bonds. The summed E-state index contributed by atoms with van der Waals surface area (Å²) >= 11 is 0. The van der Waals surface area contributed by atoms with Crippen molar-refractivity contribution in [2.24, 2.45) is 0 Å². The van der Waals surface area contributed by atoms with Crippen LogP contribution in [0.4, 0.5) is 4.39 Å². The van der Waals surface area contributed by atoms with Crippen molar-refractivity contribution in [3.8, 4) is 16.9 Å². The molecule has 150 valence electrons. The van der Waals surface area contributed by atoms with Crippen LogP contribution in [-0.2, 0) is 4.79 Å². The second-order valence-electron chi connectivity index (χ2n) is 6.43. The van der Waals surface area contributed by atoms with Crippen molar-refractivity contribution >= 4 is 23.9 Å². The minimum absolute atomic E-state index is 0.228. The van der Waals surface area contributed by atoms with Crippen LogP contribution in [0.2, 0.25) is 0 Å². The van der Waals surface area contributed by atoms with Gasteiger partial charge in [-0.25, -0.2) is 9.18 Å². The van der Waals surface area contributed by atoms with Gasteiger partial charge < -0.3 is 9.84 Å². The van der Waals surface area contributed by atoms with Crippen molar-refractivity contribution in [2.75, 3.05) is 7.11 Å². The van der Waals surface area contributed by atoms with Gasteiger partial charge in [-0.05, 0) is 53.1 Å². The SMILES string of the molecule is COc1ccc(/C=C/C(=O)c2ccccc2-c2cccc(F)c2)cc1/C=C/C(=O)O.